The number of anilines is 2. The number of nitrogens with one attached hydrogen (secondary N) is 1. The number of hydrogen-bond acceptors (Lipinski definition) is 7. The second-order valence-electron chi connectivity index (χ2n) is 4.10. The fraction of sp³-hybridized carbons (Fsp3) is 0.700. The third-order valence-corrected chi connectivity index (χ3v) is 3.06. The van der Waals surface area contributed by atoms with Gasteiger partial charge in [0.2, 0.25) is 11.9 Å². The van der Waals surface area contributed by atoms with E-state index >= 15 is 0 Å². The summed E-state index contributed by atoms with van der Waals surface area (Å²) in [7, 11) is 1.53. The van der Waals surface area contributed by atoms with Gasteiger partial charge in [0.25, 0.3) is 0 Å². The highest BCUT2D eigenvalue weighted by atomic mass is 16.5. The molecule has 1 aliphatic rings. The molecular weight excluding hydrogens is 220 g/mol. The predicted octanol–water partition coefficient (Wildman–Crippen LogP) is 0.402. The van der Waals surface area contributed by atoms with Crippen LogP contribution in [0.1, 0.15) is 19.8 Å². The Morgan fingerprint density at radius 3 is 2.88 bits per heavy atom. The van der Waals surface area contributed by atoms with Gasteiger partial charge in [-0.1, -0.05) is 13.3 Å². The van der Waals surface area contributed by atoms with Crippen LogP contribution in [0, 0.1) is 5.92 Å². The van der Waals surface area contributed by atoms with Crippen LogP contribution >= 0.6 is 0 Å². The van der Waals surface area contributed by atoms with Crippen LogP contribution in [0.2, 0.25) is 0 Å². The van der Waals surface area contributed by atoms with E-state index in [-0.39, 0.29) is 6.01 Å². The van der Waals surface area contributed by atoms with E-state index in [1.807, 2.05) is 0 Å². The van der Waals surface area contributed by atoms with Crippen molar-refractivity contribution in [3.05, 3.63) is 0 Å². The number of methoxy groups -OCH3 is 1. The highest BCUT2D eigenvalue weighted by Gasteiger charge is 2.24. The molecule has 0 spiro atoms. The molecule has 1 atom stereocenters. The molecule has 0 radical (unpaired) electrons. The summed E-state index contributed by atoms with van der Waals surface area (Å²) in [6, 6.07) is 0.280. The van der Waals surface area contributed by atoms with Crippen LogP contribution in [0.15, 0.2) is 0 Å². The third-order valence-electron chi connectivity index (χ3n) is 3.06. The van der Waals surface area contributed by atoms with Gasteiger partial charge >= 0.3 is 6.01 Å². The van der Waals surface area contributed by atoms with Crippen molar-refractivity contribution in [1.82, 2.24) is 15.0 Å². The summed E-state index contributed by atoms with van der Waals surface area (Å²) in [4.78, 5) is 14.6. The molecule has 1 saturated heterocycles. The number of ether oxygens (including phenoxy) is 1. The minimum Gasteiger partial charge on any atom is -0.467 e. The zero-order chi connectivity index (χ0) is 12.3. The van der Waals surface area contributed by atoms with Gasteiger partial charge in [-0.2, -0.15) is 15.0 Å². The number of hydrogen-bond donors (Lipinski definition) is 2. The first-order chi connectivity index (χ1) is 8.26. The van der Waals surface area contributed by atoms with E-state index in [4.69, 9.17) is 10.6 Å². The summed E-state index contributed by atoms with van der Waals surface area (Å²) in [6.07, 6.45) is 2.36. The first-order valence-electron chi connectivity index (χ1n) is 5.78. The molecule has 2 rings (SSSR count). The lowest BCUT2D eigenvalue weighted by Crippen LogP contribution is -2.23. The zero-order valence-electron chi connectivity index (χ0n) is 10.2. The molecule has 7 heteroatoms. The van der Waals surface area contributed by atoms with E-state index in [0.29, 0.717) is 17.8 Å². The lowest BCUT2D eigenvalue weighted by molar-refractivity contribution is 0.379. The van der Waals surface area contributed by atoms with E-state index in [0.717, 1.165) is 13.1 Å². The Hall–Kier alpha value is -1.63. The van der Waals surface area contributed by atoms with Crippen molar-refractivity contribution in [2.45, 2.75) is 19.8 Å². The van der Waals surface area contributed by atoms with Gasteiger partial charge < -0.3 is 9.64 Å². The molecule has 0 aromatic carbocycles. The normalized spacial score (nSPS) is 19.5. The molecule has 3 N–H and O–H groups in total. The van der Waals surface area contributed by atoms with Crippen LogP contribution in [0.3, 0.4) is 0 Å². The van der Waals surface area contributed by atoms with Crippen LogP contribution in [0.25, 0.3) is 0 Å². The van der Waals surface area contributed by atoms with Crippen molar-refractivity contribution in [2.24, 2.45) is 11.8 Å². The Morgan fingerprint density at radius 2 is 2.29 bits per heavy atom. The predicted molar refractivity (Wildman–Crippen MR) is 64.8 cm³/mol. The lowest BCUT2D eigenvalue weighted by Gasteiger charge is -2.16. The van der Waals surface area contributed by atoms with E-state index in [1.54, 1.807) is 0 Å². The molecule has 94 valence electrons. The van der Waals surface area contributed by atoms with E-state index in [9.17, 15) is 0 Å². The first kappa shape index (κ1) is 11.8. The minimum atomic E-state index is 0.280. The summed E-state index contributed by atoms with van der Waals surface area (Å²) in [6.45, 7) is 4.15. The van der Waals surface area contributed by atoms with Crippen molar-refractivity contribution in [1.29, 1.82) is 0 Å². The quantitative estimate of drug-likeness (QED) is 0.579. The number of hydrazine groups is 1. The molecule has 0 bridgehead atoms. The average molecular weight is 238 g/mol. The molecule has 0 amide bonds. The van der Waals surface area contributed by atoms with Crippen LogP contribution < -0.4 is 20.9 Å². The lowest BCUT2D eigenvalue weighted by atomic mass is 10.1. The molecule has 0 aliphatic carbocycles. The maximum Gasteiger partial charge on any atom is 0.322 e. The van der Waals surface area contributed by atoms with Gasteiger partial charge in [0.15, 0.2) is 0 Å². The van der Waals surface area contributed by atoms with E-state index in [1.165, 1.54) is 20.0 Å². The Balaban J connectivity index is 2.20. The van der Waals surface area contributed by atoms with Gasteiger partial charge in [-0.3, -0.25) is 5.43 Å². The Bertz CT molecular complexity index is 363. The standard InChI is InChI=1S/C10H18N6O/c1-3-7-4-5-16(6-7)9-12-8(15-11)13-10(14-9)17-2/h7H,3-6,11H2,1-2H3,(H,12,13,14,15). The zero-order valence-corrected chi connectivity index (χ0v) is 10.2. The molecule has 0 saturated carbocycles. The van der Waals surface area contributed by atoms with Crippen molar-refractivity contribution in [3.63, 3.8) is 0 Å². The van der Waals surface area contributed by atoms with Gasteiger partial charge in [0, 0.05) is 13.1 Å². The molecule has 1 aromatic heterocycles. The SMILES string of the molecule is CCC1CCN(c2nc(NN)nc(OC)n2)C1. The number of rotatable bonds is 4. The molecule has 1 fully saturated rings. The van der Waals surface area contributed by atoms with Gasteiger partial charge in [-0.15, -0.1) is 0 Å². The van der Waals surface area contributed by atoms with Crippen molar-refractivity contribution in [2.75, 3.05) is 30.5 Å². The highest BCUT2D eigenvalue weighted by molar-refractivity contribution is 5.38. The number of aromatic nitrogens is 3. The second-order valence-corrected chi connectivity index (χ2v) is 4.10. The Labute approximate surface area is 100 Å². The summed E-state index contributed by atoms with van der Waals surface area (Å²) >= 11 is 0. The Kier molecular flexibility index (Phi) is 3.58. The monoisotopic (exact) mass is 238 g/mol. The molecule has 7 nitrogen and oxygen atoms in total. The summed E-state index contributed by atoms with van der Waals surface area (Å²) in [5.41, 5.74) is 2.42. The maximum absolute atomic E-state index is 5.32. The van der Waals surface area contributed by atoms with E-state index in [2.05, 4.69) is 32.2 Å². The smallest absolute Gasteiger partial charge is 0.322 e. The number of nitrogens with zero attached hydrogens (tertiary/aromatic N) is 4. The molecule has 17 heavy (non-hydrogen) atoms. The van der Waals surface area contributed by atoms with Crippen LogP contribution in [0.5, 0.6) is 6.01 Å². The summed E-state index contributed by atoms with van der Waals surface area (Å²) in [5.74, 6) is 6.98. The van der Waals surface area contributed by atoms with Crippen molar-refractivity contribution >= 4 is 11.9 Å². The molecule has 1 aromatic rings. The first-order valence-corrected chi connectivity index (χ1v) is 5.78. The van der Waals surface area contributed by atoms with Gasteiger partial charge in [0.05, 0.1) is 7.11 Å². The average Bonchev–Trinajstić information content (AvgIpc) is 2.86. The molecule has 1 aliphatic heterocycles. The van der Waals surface area contributed by atoms with Gasteiger partial charge in [-0.25, -0.2) is 5.84 Å². The maximum atomic E-state index is 5.32. The topological polar surface area (TPSA) is 89.2 Å². The largest absolute Gasteiger partial charge is 0.467 e. The fourth-order valence-electron chi connectivity index (χ4n) is 1.99. The van der Waals surface area contributed by atoms with E-state index < -0.39 is 0 Å². The Morgan fingerprint density at radius 1 is 1.47 bits per heavy atom. The molecule has 2 heterocycles. The van der Waals surface area contributed by atoms with Crippen molar-refractivity contribution in [3.8, 4) is 6.01 Å². The highest BCUT2D eigenvalue weighted by Crippen LogP contribution is 2.24. The minimum absolute atomic E-state index is 0.280. The van der Waals surface area contributed by atoms with Crippen LogP contribution in [-0.4, -0.2) is 35.2 Å². The number of nitrogen functional groups attached to an aromatic ring is 1. The van der Waals surface area contributed by atoms with Gasteiger partial charge in [-0.05, 0) is 12.3 Å². The number of nitrogens with two attached hydrogens (primary N) is 1. The second kappa shape index (κ2) is 5.13. The van der Waals surface area contributed by atoms with Crippen LogP contribution in [0.4, 0.5) is 11.9 Å². The fourth-order valence-corrected chi connectivity index (χ4v) is 1.99. The molecule has 1 unspecified atom stereocenters. The van der Waals surface area contributed by atoms with Crippen LogP contribution in [-0.2, 0) is 0 Å². The van der Waals surface area contributed by atoms with Gasteiger partial charge in [0.1, 0.15) is 0 Å². The van der Waals surface area contributed by atoms with Crippen molar-refractivity contribution < 1.29 is 4.74 Å². The summed E-state index contributed by atoms with van der Waals surface area (Å²) in [5, 5.41) is 0. The summed E-state index contributed by atoms with van der Waals surface area (Å²) < 4.78 is 5.03. The molecular formula is C10H18N6O. The third kappa shape index (κ3) is 2.55.